The lowest BCUT2D eigenvalue weighted by Crippen LogP contribution is -3.31. The fraction of sp³-hybridized carbons (Fsp3) is 0.500. The van der Waals surface area contributed by atoms with Gasteiger partial charge in [0, 0.05) is 0 Å². The highest BCUT2D eigenvalue weighted by atomic mass is 15.3. The average Bonchev–Trinajstić information content (AvgIpc) is 2.62. The fourth-order valence-corrected chi connectivity index (χ4v) is 8.39. The molecule has 0 spiro atoms. The van der Waals surface area contributed by atoms with Crippen molar-refractivity contribution in [2.75, 3.05) is 0 Å². The van der Waals surface area contributed by atoms with Crippen LogP contribution < -0.4 is 0 Å². The van der Waals surface area contributed by atoms with Crippen LogP contribution >= 0.6 is 0 Å². The van der Waals surface area contributed by atoms with Gasteiger partial charge in [0.2, 0.25) is 0 Å². The lowest BCUT2D eigenvalue weighted by molar-refractivity contribution is -0.785. The number of rotatable bonds is 0. The van der Waals surface area contributed by atoms with E-state index in [1.54, 1.807) is 0 Å². The van der Waals surface area contributed by atoms with Gasteiger partial charge in [-0.05, 0) is 0 Å². The summed E-state index contributed by atoms with van der Waals surface area (Å²) in [5.74, 6) is 0. The first-order valence-electron chi connectivity index (χ1n) is 6.79. The van der Waals surface area contributed by atoms with Crippen molar-refractivity contribution in [3.63, 3.8) is 0 Å². The predicted octanol–water partition coefficient (Wildman–Crippen LogP) is 0.134. The normalized spacial score (nSPS) is 65.7. The van der Waals surface area contributed by atoms with E-state index in [2.05, 4.69) is 0 Å². The molecule has 24 heavy (non-hydrogen) atoms. The van der Waals surface area contributed by atoms with Gasteiger partial charge in [-0.3, -0.25) is 0 Å². The van der Waals surface area contributed by atoms with Crippen LogP contribution in [0.5, 0.6) is 0 Å². The molecule has 0 aliphatic heterocycles. The molecule has 0 heterocycles. The van der Waals surface area contributed by atoms with Gasteiger partial charge >= 0.3 is 0 Å². The Morgan fingerprint density at radius 1 is 0.250 bits per heavy atom. The number of nitriles is 8. The minimum atomic E-state index is -1.88. The quantitative estimate of drug-likeness (QED) is 0.602. The summed E-state index contributed by atoms with van der Waals surface area (Å²) in [5, 5.41) is 78.2. The highest BCUT2D eigenvalue weighted by Crippen LogP contribution is 3.32. The van der Waals surface area contributed by atoms with Crippen molar-refractivity contribution < 1.29 is 0 Å². The van der Waals surface area contributed by atoms with Crippen molar-refractivity contribution >= 4 is 0 Å². The molecule has 8 heteroatoms. The Hall–Kier alpha value is -4.08. The largest absolute Gasteiger partial charge is 0.198 e. The van der Waals surface area contributed by atoms with Crippen molar-refractivity contribution in [1.82, 2.24) is 0 Å². The van der Waals surface area contributed by atoms with Crippen LogP contribution in [0.1, 0.15) is 0 Å². The molecule has 0 unspecified atom stereocenters. The zero-order valence-electron chi connectivity index (χ0n) is 11.6. The molecule has 8 nitrogen and oxygen atoms in total. The lowest BCUT2D eigenvalue weighted by atomic mass is 8.71. The van der Waals surface area contributed by atoms with Gasteiger partial charge < -0.3 is 0 Å². The van der Waals surface area contributed by atoms with Gasteiger partial charge in [0.15, 0.2) is 0 Å². The molecule has 0 N–H and O–H groups in total. The zero-order valence-corrected chi connectivity index (χ0v) is 11.6. The fourth-order valence-electron chi connectivity index (χ4n) is 8.39. The van der Waals surface area contributed by atoms with Crippen molar-refractivity contribution in [1.29, 1.82) is 42.1 Å². The van der Waals surface area contributed by atoms with Crippen LogP contribution in [0.15, 0.2) is 0 Å². The third-order valence-electron chi connectivity index (χ3n) is 8.09. The van der Waals surface area contributed by atoms with E-state index in [1.165, 1.54) is 0 Å². The highest BCUT2D eigenvalue weighted by Gasteiger charge is 3.44. The third kappa shape index (κ3) is 0.314. The summed E-state index contributed by atoms with van der Waals surface area (Å²) in [6.45, 7) is 0. The van der Waals surface area contributed by atoms with E-state index in [0.717, 1.165) is 0 Å². The third-order valence-corrected chi connectivity index (χ3v) is 8.09. The summed E-state index contributed by atoms with van der Waals surface area (Å²) < 4.78 is 0. The van der Waals surface area contributed by atoms with Crippen molar-refractivity contribution in [2.24, 2.45) is 43.3 Å². The highest BCUT2D eigenvalue weighted by molar-refractivity contribution is 5.95. The van der Waals surface area contributed by atoms with E-state index >= 15 is 0 Å². The molecule has 0 radical (unpaired) electrons. The molecule has 104 valence electrons. The van der Waals surface area contributed by atoms with E-state index in [-0.39, 0.29) is 0 Å². The molecule has 0 saturated heterocycles. The summed E-state index contributed by atoms with van der Waals surface area (Å²) in [7, 11) is 0. The monoisotopic (exact) mass is 304 g/mol. The summed E-state index contributed by atoms with van der Waals surface area (Å²) in [6, 6.07) is 14.8. The van der Waals surface area contributed by atoms with Crippen molar-refractivity contribution in [2.45, 2.75) is 0 Å². The Morgan fingerprint density at radius 3 is 0.375 bits per heavy atom. The van der Waals surface area contributed by atoms with Gasteiger partial charge in [0.05, 0.1) is 48.6 Å². The van der Waals surface area contributed by atoms with Crippen LogP contribution in [0, 0.1) is 134 Å². The van der Waals surface area contributed by atoms with E-state index in [4.69, 9.17) is 0 Å². The minimum absolute atomic E-state index is 1.86. The number of hydrogen-bond acceptors (Lipinski definition) is 8. The van der Waals surface area contributed by atoms with Crippen LogP contribution in [0.25, 0.3) is 0 Å². The second-order valence-electron chi connectivity index (χ2n) is 6.89. The molecule has 0 atom stereocenters. The standard InChI is InChI=1S/C16N8/c17-1-9-10(2-18)13(5-21)11(9,3-19)15(7-23)12(9,4-20)14(10,6-22)16(13,15)8-24. The van der Waals surface area contributed by atoms with E-state index in [9.17, 15) is 42.1 Å². The van der Waals surface area contributed by atoms with Crippen molar-refractivity contribution in [3.8, 4) is 48.6 Å². The summed E-state index contributed by atoms with van der Waals surface area (Å²) in [4.78, 5) is 0. The van der Waals surface area contributed by atoms with E-state index in [0.29, 0.717) is 0 Å². The van der Waals surface area contributed by atoms with Gasteiger partial charge in [-0.2, -0.15) is 42.1 Å². The Labute approximate surface area is 134 Å². The molecule has 0 aromatic rings. The molecule has 0 bridgehead atoms. The van der Waals surface area contributed by atoms with Crippen LogP contribution in [0.4, 0.5) is 0 Å². The maximum absolute atomic E-state index is 9.78. The van der Waals surface area contributed by atoms with Gasteiger partial charge in [-0.15, -0.1) is 0 Å². The van der Waals surface area contributed by atoms with Gasteiger partial charge in [-0.1, -0.05) is 0 Å². The SMILES string of the molecule is N#CC12C3(C#N)C4(C#N)C1(C#N)C1(C#N)C2(C#N)C3(C#N)C41C#N. The second-order valence-corrected chi connectivity index (χ2v) is 6.89. The Morgan fingerprint density at radius 2 is 0.333 bits per heavy atom. The molecule has 0 aromatic heterocycles. The van der Waals surface area contributed by atoms with E-state index < -0.39 is 43.3 Å². The van der Waals surface area contributed by atoms with Crippen LogP contribution in [0.3, 0.4) is 0 Å². The Bertz CT molecular complexity index is 846. The van der Waals surface area contributed by atoms with Gasteiger partial charge in [-0.25, -0.2) is 0 Å². The lowest BCUT2D eigenvalue weighted by Gasteiger charge is -3.19. The summed E-state index contributed by atoms with van der Waals surface area (Å²) in [5.41, 5.74) is -15.1. The van der Waals surface area contributed by atoms with Crippen molar-refractivity contribution in [3.05, 3.63) is 0 Å². The van der Waals surface area contributed by atoms with E-state index in [1.807, 2.05) is 48.6 Å². The molecule has 0 aromatic carbocycles. The second kappa shape index (κ2) is 2.25. The summed E-state index contributed by atoms with van der Waals surface area (Å²) >= 11 is 0. The van der Waals surface area contributed by atoms with Gasteiger partial charge in [0.25, 0.3) is 0 Å². The first-order chi connectivity index (χ1) is 11.5. The zero-order chi connectivity index (χ0) is 17.7. The number of hydrogen-bond donors (Lipinski definition) is 0. The molecular weight excluding hydrogens is 304 g/mol. The van der Waals surface area contributed by atoms with Crippen LogP contribution in [-0.4, -0.2) is 0 Å². The number of nitrogens with zero attached hydrogens (tertiary/aromatic N) is 8. The molecule has 6 saturated carbocycles. The van der Waals surface area contributed by atoms with Crippen LogP contribution in [0.2, 0.25) is 0 Å². The smallest absolute Gasteiger partial charge is 0.123 e. The molecule has 6 aliphatic rings. The first kappa shape index (κ1) is 12.5. The topological polar surface area (TPSA) is 190 Å². The Kier molecular flexibility index (Phi) is 1.17. The van der Waals surface area contributed by atoms with Gasteiger partial charge in [0.1, 0.15) is 43.3 Å². The maximum Gasteiger partial charge on any atom is 0.123 e. The molecule has 0 amide bonds. The predicted molar refractivity (Wildman–Crippen MR) is 64.4 cm³/mol. The molecule has 6 aliphatic carbocycles. The average molecular weight is 304 g/mol. The summed E-state index contributed by atoms with van der Waals surface area (Å²) in [6.07, 6.45) is 0. The first-order valence-corrected chi connectivity index (χ1v) is 6.79. The maximum atomic E-state index is 9.78. The van der Waals surface area contributed by atoms with Crippen LogP contribution in [-0.2, 0) is 0 Å². The molecule has 6 fully saturated rings. The minimum Gasteiger partial charge on any atom is -0.198 e. The Balaban J connectivity index is 2.09. The molecule has 6 rings (SSSR count). The molecular formula is C16N8.